The highest BCUT2D eigenvalue weighted by Gasteiger charge is 2.14. The summed E-state index contributed by atoms with van der Waals surface area (Å²) in [5.41, 5.74) is 0.365. The molecule has 3 rings (SSSR count). The first-order chi connectivity index (χ1) is 10.6. The molecule has 0 fully saturated rings. The van der Waals surface area contributed by atoms with Crippen molar-refractivity contribution < 1.29 is 9.18 Å². The molecule has 0 bridgehead atoms. The van der Waals surface area contributed by atoms with E-state index < -0.39 is 11.7 Å². The number of halogens is 1. The van der Waals surface area contributed by atoms with Crippen molar-refractivity contribution in [1.29, 1.82) is 0 Å². The Bertz CT molecular complexity index is 920. The number of hydrogen-bond donors (Lipinski definition) is 1. The van der Waals surface area contributed by atoms with E-state index in [1.165, 1.54) is 35.9 Å². The van der Waals surface area contributed by atoms with Crippen molar-refractivity contribution in [2.45, 2.75) is 0 Å². The van der Waals surface area contributed by atoms with Crippen LogP contribution in [0.15, 0.2) is 53.6 Å². The molecule has 0 unspecified atom stereocenters. The second-order valence-electron chi connectivity index (χ2n) is 4.82. The van der Waals surface area contributed by atoms with Gasteiger partial charge in [0.25, 0.3) is 11.5 Å². The Morgan fingerprint density at radius 2 is 1.91 bits per heavy atom. The maximum absolute atomic E-state index is 13.3. The number of amides is 1. The number of nitrogens with zero attached hydrogens (tertiary/aromatic N) is 2. The van der Waals surface area contributed by atoms with E-state index in [1.807, 2.05) is 0 Å². The summed E-state index contributed by atoms with van der Waals surface area (Å²) < 4.78 is 14.6. The van der Waals surface area contributed by atoms with Crippen LogP contribution >= 0.6 is 0 Å². The van der Waals surface area contributed by atoms with Gasteiger partial charge < -0.3 is 9.88 Å². The molecule has 0 aliphatic heterocycles. The molecule has 0 spiro atoms. The van der Waals surface area contributed by atoms with Crippen LogP contribution in [0.25, 0.3) is 10.8 Å². The molecule has 110 valence electrons. The van der Waals surface area contributed by atoms with Crippen molar-refractivity contribution in [2.24, 2.45) is 7.05 Å². The molecular weight excluding hydrogens is 285 g/mol. The zero-order valence-corrected chi connectivity index (χ0v) is 11.7. The number of carbonyl (C=O) groups is 1. The molecule has 2 heterocycles. The lowest BCUT2D eigenvalue weighted by Gasteiger charge is -2.10. The van der Waals surface area contributed by atoms with Crippen molar-refractivity contribution in [3.63, 3.8) is 0 Å². The van der Waals surface area contributed by atoms with Crippen molar-refractivity contribution in [1.82, 2.24) is 9.55 Å². The molecule has 1 N–H and O–H groups in total. The average molecular weight is 297 g/mol. The maximum Gasteiger partial charge on any atom is 0.272 e. The van der Waals surface area contributed by atoms with E-state index in [1.54, 1.807) is 24.5 Å². The summed E-state index contributed by atoms with van der Waals surface area (Å²) in [5.74, 6) is -0.904. The summed E-state index contributed by atoms with van der Waals surface area (Å²) in [7, 11) is 1.51. The summed E-state index contributed by atoms with van der Waals surface area (Å²) in [6.45, 7) is 0. The first-order valence-electron chi connectivity index (χ1n) is 6.57. The van der Waals surface area contributed by atoms with E-state index in [2.05, 4.69) is 10.3 Å². The molecule has 2 aromatic heterocycles. The lowest BCUT2D eigenvalue weighted by atomic mass is 10.1. The van der Waals surface area contributed by atoms with E-state index >= 15 is 0 Å². The molecule has 0 radical (unpaired) electrons. The Morgan fingerprint density at radius 1 is 1.18 bits per heavy atom. The van der Waals surface area contributed by atoms with Crippen molar-refractivity contribution in [2.75, 3.05) is 5.32 Å². The number of carbonyl (C=O) groups excluding carboxylic acids is 1. The van der Waals surface area contributed by atoms with E-state index in [0.29, 0.717) is 16.5 Å². The molecule has 1 aromatic carbocycles. The van der Waals surface area contributed by atoms with Gasteiger partial charge in [-0.25, -0.2) is 4.39 Å². The minimum absolute atomic E-state index is 0.153. The highest BCUT2D eigenvalue weighted by molar-refractivity contribution is 6.05. The summed E-state index contributed by atoms with van der Waals surface area (Å²) in [6, 6.07) is 8.64. The van der Waals surface area contributed by atoms with Crippen LogP contribution in [0.5, 0.6) is 0 Å². The number of aromatic nitrogens is 2. The second-order valence-corrected chi connectivity index (χ2v) is 4.82. The average Bonchev–Trinajstić information content (AvgIpc) is 2.51. The second kappa shape index (κ2) is 5.40. The van der Waals surface area contributed by atoms with Crippen LogP contribution in [0.2, 0.25) is 0 Å². The van der Waals surface area contributed by atoms with E-state index in [0.717, 1.165) is 0 Å². The van der Waals surface area contributed by atoms with E-state index in [9.17, 15) is 14.0 Å². The van der Waals surface area contributed by atoms with Crippen LogP contribution in [0.1, 0.15) is 10.5 Å². The lowest BCUT2D eigenvalue weighted by molar-refractivity contribution is 0.101. The molecule has 1 amide bonds. The minimum Gasteiger partial charge on any atom is -0.321 e. The molecule has 0 saturated heterocycles. The molecule has 0 aliphatic rings. The van der Waals surface area contributed by atoms with Crippen LogP contribution in [0, 0.1) is 5.82 Å². The fourth-order valence-corrected chi connectivity index (χ4v) is 2.23. The number of pyridine rings is 2. The molecular formula is C16H12FN3O2. The van der Waals surface area contributed by atoms with Crippen LogP contribution in [0.3, 0.4) is 0 Å². The number of anilines is 1. The van der Waals surface area contributed by atoms with E-state index in [4.69, 9.17) is 0 Å². The summed E-state index contributed by atoms with van der Waals surface area (Å²) in [5, 5.41) is 3.43. The van der Waals surface area contributed by atoms with Gasteiger partial charge in [-0.2, -0.15) is 0 Å². The summed E-state index contributed by atoms with van der Waals surface area (Å²) in [4.78, 5) is 28.5. The standard InChI is InChI=1S/C16H12FN3O2/c1-20-14(15(21)19-12-4-6-18-7-5-12)9-10-8-11(17)2-3-13(10)16(20)22/h2-9H,1H3,(H,18,19,21). The Hall–Kier alpha value is -3.02. The van der Waals surface area contributed by atoms with Crippen LogP contribution < -0.4 is 10.9 Å². The normalized spacial score (nSPS) is 10.6. The van der Waals surface area contributed by atoms with Gasteiger partial charge in [0.2, 0.25) is 0 Å². The number of hydrogen-bond acceptors (Lipinski definition) is 3. The van der Waals surface area contributed by atoms with Crippen LogP contribution in [-0.4, -0.2) is 15.5 Å². The van der Waals surface area contributed by atoms with Gasteiger partial charge in [0.15, 0.2) is 0 Å². The molecule has 6 heteroatoms. The lowest BCUT2D eigenvalue weighted by Crippen LogP contribution is -2.26. The van der Waals surface area contributed by atoms with Crippen LogP contribution in [-0.2, 0) is 7.05 Å². The molecule has 0 saturated carbocycles. The largest absolute Gasteiger partial charge is 0.321 e. The molecule has 0 aliphatic carbocycles. The Morgan fingerprint density at radius 3 is 2.64 bits per heavy atom. The zero-order chi connectivity index (χ0) is 15.7. The van der Waals surface area contributed by atoms with Gasteiger partial charge in [-0.05, 0) is 41.8 Å². The van der Waals surface area contributed by atoms with Gasteiger partial charge in [0.1, 0.15) is 11.5 Å². The first kappa shape index (κ1) is 13.9. The third kappa shape index (κ3) is 2.46. The Balaban J connectivity index is 2.08. The van der Waals surface area contributed by atoms with Gasteiger partial charge in [0, 0.05) is 30.5 Å². The van der Waals surface area contributed by atoms with Crippen molar-refractivity contribution in [3.05, 3.63) is 70.7 Å². The number of fused-ring (bicyclic) bond motifs is 1. The predicted octanol–water partition coefficient (Wildman–Crippen LogP) is 2.32. The number of rotatable bonds is 2. The summed E-state index contributed by atoms with van der Waals surface area (Å²) in [6.07, 6.45) is 3.09. The predicted molar refractivity (Wildman–Crippen MR) is 81.3 cm³/mol. The fourth-order valence-electron chi connectivity index (χ4n) is 2.23. The van der Waals surface area contributed by atoms with Gasteiger partial charge in [-0.3, -0.25) is 14.6 Å². The highest BCUT2D eigenvalue weighted by atomic mass is 19.1. The van der Waals surface area contributed by atoms with Crippen molar-refractivity contribution >= 4 is 22.4 Å². The molecule has 0 atom stereocenters. The quantitative estimate of drug-likeness (QED) is 0.789. The van der Waals surface area contributed by atoms with Gasteiger partial charge in [0.05, 0.1) is 0 Å². The van der Waals surface area contributed by atoms with Crippen LogP contribution in [0.4, 0.5) is 10.1 Å². The topological polar surface area (TPSA) is 64.0 Å². The Kier molecular flexibility index (Phi) is 3.42. The van der Waals surface area contributed by atoms with Crippen molar-refractivity contribution in [3.8, 4) is 0 Å². The molecule has 3 aromatic rings. The van der Waals surface area contributed by atoms with Gasteiger partial charge in [-0.1, -0.05) is 0 Å². The minimum atomic E-state index is -0.457. The molecule has 5 nitrogen and oxygen atoms in total. The van der Waals surface area contributed by atoms with Gasteiger partial charge >= 0.3 is 0 Å². The monoisotopic (exact) mass is 297 g/mol. The maximum atomic E-state index is 13.3. The molecule has 22 heavy (non-hydrogen) atoms. The first-order valence-corrected chi connectivity index (χ1v) is 6.57. The smallest absolute Gasteiger partial charge is 0.272 e. The summed E-state index contributed by atoms with van der Waals surface area (Å²) >= 11 is 0. The zero-order valence-electron chi connectivity index (χ0n) is 11.7. The van der Waals surface area contributed by atoms with Gasteiger partial charge in [-0.15, -0.1) is 0 Å². The SMILES string of the molecule is Cn1c(C(=O)Nc2ccncc2)cc2cc(F)ccc2c1=O. The highest BCUT2D eigenvalue weighted by Crippen LogP contribution is 2.15. The number of nitrogens with one attached hydrogen (secondary N) is 1. The Labute approximate surface area is 125 Å². The third-order valence-electron chi connectivity index (χ3n) is 3.37. The number of benzene rings is 1. The fraction of sp³-hybridized carbons (Fsp3) is 0.0625. The third-order valence-corrected chi connectivity index (χ3v) is 3.37. The van der Waals surface area contributed by atoms with E-state index in [-0.39, 0.29) is 11.3 Å².